The Morgan fingerprint density at radius 3 is 2.20 bits per heavy atom. The minimum absolute atomic E-state index is 0.0106. The van der Waals surface area contributed by atoms with Gasteiger partial charge in [0.25, 0.3) is 10.0 Å². The predicted octanol–water partition coefficient (Wildman–Crippen LogP) is 6.77. The average Bonchev–Trinajstić information content (AvgIpc) is 3.05. The summed E-state index contributed by atoms with van der Waals surface area (Å²) in [7, 11) is -1.33. The minimum Gasteiger partial charge on any atom is -0.493 e. The highest BCUT2D eigenvalue weighted by Gasteiger charge is 2.35. The quantitative estimate of drug-likeness (QED) is 0.212. The number of nitrogens with zero attached hydrogens (tertiary/aromatic N) is 2. The highest BCUT2D eigenvalue weighted by Crippen LogP contribution is 2.34. The van der Waals surface area contributed by atoms with Crippen molar-refractivity contribution < 1.29 is 27.5 Å². The Morgan fingerprint density at radius 1 is 0.913 bits per heavy atom. The standard InChI is InChI=1S/C34H41Cl2N3O6S/c1-5-30(34(41)37-25-9-7-6-8-10-25)38(21-24-13-17-28(35)29(36)19-24)33(40)22-39(26-14-18-31(44-3)32(20-26)45-4)46(42,43)27-15-11-23(2)12-16-27/h11-20,25,30H,5-10,21-22H2,1-4H3,(H,37,41)/t30-/m1/s1. The average molecular weight is 691 g/mol. The molecule has 9 nitrogen and oxygen atoms in total. The van der Waals surface area contributed by atoms with Crippen LogP contribution in [0.3, 0.4) is 0 Å². The first kappa shape index (κ1) is 35.4. The molecule has 0 bridgehead atoms. The number of rotatable bonds is 13. The zero-order valence-electron chi connectivity index (χ0n) is 26.6. The summed E-state index contributed by atoms with van der Waals surface area (Å²) in [6.45, 7) is 3.11. The molecule has 1 aliphatic rings. The van der Waals surface area contributed by atoms with E-state index in [0.717, 1.165) is 42.0 Å². The van der Waals surface area contributed by atoms with E-state index in [-0.39, 0.29) is 29.1 Å². The summed E-state index contributed by atoms with van der Waals surface area (Å²) >= 11 is 12.5. The molecule has 0 radical (unpaired) electrons. The van der Waals surface area contributed by atoms with Gasteiger partial charge < -0.3 is 19.7 Å². The monoisotopic (exact) mass is 689 g/mol. The molecule has 2 amide bonds. The molecule has 1 aliphatic carbocycles. The minimum atomic E-state index is -4.25. The van der Waals surface area contributed by atoms with Crippen molar-refractivity contribution in [2.24, 2.45) is 0 Å². The number of carbonyl (C=O) groups is 2. The normalized spacial score (nSPS) is 14.3. The second-order valence-corrected chi connectivity index (χ2v) is 14.1. The molecule has 1 fully saturated rings. The van der Waals surface area contributed by atoms with E-state index >= 15 is 0 Å². The van der Waals surface area contributed by atoms with E-state index in [1.54, 1.807) is 42.5 Å². The number of aryl methyl sites for hydroxylation is 1. The second kappa shape index (κ2) is 15.9. The van der Waals surface area contributed by atoms with Gasteiger partial charge in [0.05, 0.1) is 34.8 Å². The van der Waals surface area contributed by atoms with Crippen molar-refractivity contribution in [3.63, 3.8) is 0 Å². The molecule has 0 saturated heterocycles. The SMILES string of the molecule is CC[C@H](C(=O)NC1CCCCC1)N(Cc1ccc(Cl)c(Cl)c1)C(=O)CN(c1ccc(OC)c(OC)c1)S(=O)(=O)c1ccc(C)cc1. The van der Waals surface area contributed by atoms with Gasteiger partial charge in [0.15, 0.2) is 11.5 Å². The number of methoxy groups -OCH3 is 2. The molecule has 0 heterocycles. The van der Waals surface area contributed by atoms with Gasteiger partial charge in [-0.25, -0.2) is 8.42 Å². The lowest BCUT2D eigenvalue weighted by Crippen LogP contribution is -2.54. The molecule has 3 aromatic carbocycles. The Balaban J connectivity index is 1.76. The maximum atomic E-state index is 14.4. The maximum Gasteiger partial charge on any atom is 0.264 e. The highest BCUT2D eigenvalue weighted by atomic mass is 35.5. The summed E-state index contributed by atoms with van der Waals surface area (Å²) < 4.78 is 40.3. The summed E-state index contributed by atoms with van der Waals surface area (Å²) in [5.74, 6) is -0.150. The van der Waals surface area contributed by atoms with Gasteiger partial charge in [0.2, 0.25) is 11.8 Å². The third kappa shape index (κ3) is 8.46. The van der Waals surface area contributed by atoms with E-state index in [2.05, 4.69) is 5.32 Å². The van der Waals surface area contributed by atoms with Crippen molar-refractivity contribution in [3.05, 3.63) is 81.8 Å². The largest absolute Gasteiger partial charge is 0.493 e. The number of ether oxygens (including phenoxy) is 2. The lowest BCUT2D eigenvalue weighted by molar-refractivity contribution is -0.140. The predicted molar refractivity (Wildman–Crippen MR) is 181 cm³/mol. The summed E-state index contributed by atoms with van der Waals surface area (Å²) in [6, 6.07) is 15.2. The first-order valence-corrected chi connectivity index (χ1v) is 17.5. The van der Waals surface area contributed by atoms with Crippen molar-refractivity contribution in [1.82, 2.24) is 10.2 Å². The van der Waals surface area contributed by atoms with Crippen LogP contribution in [0.15, 0.2) is 65.6 Å². The van der Waals surface area contributed by atoms with Crippen LogP contribution in [-0.2, 0) is 26.2 Å². The number of nitrogens with one attached hydrogen (secondary N) is 1. The number of carbonyl (C=O) groups excluding carboxylic acids is 2. The first-order chi connectivity index (χ1) is 22.0. The molecule has 1 N–H and O–H groups in total. The fraction of sp³-hybridized carbons (Fsp3) is 0.412. The molecule has 12 heteroatoms. The first-order valence-electron chi connectivity index (χ1n) is 15.3. The highest BCUT2D eigenvalue weighted by molar-refractivity contribution is 7.92. The molecule has 1 atom stereocenters. The van der Waals surface area contributed by atoms with Crippen molar-refractivity contribution in [3.8, 4) is 11.5 Å². The maximum absolute atomic E-state index is 14.4. The van der Waals surface area contributed by atoms with Crippen LogP contribution in [0.4, 0.5) is 5.69 Å². The molecule has 0 aromatic heterocycles. The number of hydrogen-bond acceptors (Lipinski definition) is 6. The van der Waals surface area contributed by atoms with Crippen LogP contribution in [0.1, 0.15) is 56.6 Å². The molecule has 0 aliphatic heterocycles. The number of anilines is 1. The Kier molecular flexibility index (Phi) is 12.2. The second-order valence-electron chi connectivity index (χ2n) is 11.4. The Hall–Kier alpha value is -3.47. The Bertz CT molecular complexity index is 1630. The van der Waals surface area contributed by atoms with Gasteiger partial charge in [-0.1, -0.05) is 73.2 Å². The van der Waals surface area contributed by atoms with Crippen LogP contribution in [0.5, 0.6) is 11.5 Å². The van der Waals surface area contributed by atoms with Crippen LogP contribution in [0.2, 0.25) is 10.0 Å². The third-order valence-electron chi connectivity index (χ3n) is 8.22. The molecular formula is C34H41Cl2N3O6S. The van der Waals surface area contributed by atoms with Gasteiger partial charge in [-0.15, -0.1) is 0 Å². The molecule has 248 valence electrons. The fourth-order valence-electron chi connectivity index (χ4n) is 5.64. The van der Waals surface area contributed by atoms with Crippen LogP contribution in [-0.4, -0.2) is 58.0 Å². The van der Waals surface area contributed by atoms with E-state index < -0.39 is 28.5 Å². The van der Waals surface area contributed by atoms with Crippen LogP contribution < -0.4 is 19.1 Å². The van der Waals surface area contributed by atoms with Gasteiger partial charge in [0, 0.05) is 18.7 Å². The van der Waals surface area contributed by atoms with Gasteiger partial charge in [-0.3, -0.25) is 13.9 Å². The van der Waals surface area contributed by atoms with E-state index in [0.29, 0.717) is 33.5 Å². The van der Waals surface area contributed by atoms with Gasteiger partial charge in [-0.2, -0.15) is 0 Å². The van der Waals surface area contributed by atoms with E-state index in [1.807, 2.05) is 13.8 Å². The summed E-state index contributed by atoms with van der Waals surface area (Å²) in [4.78, 5) is 29.6. The fourth-order valence-corrected chi connectivity index (χ4v) is 7.37. The summed E-state index contributed by atoms with van der Waals surface area (Å²) in [6.07, 6.45) is 5.27. The molecule has 46 heavy (non-hydrogen) atoms. The van der Waals surface area contributed by atoms with Crippen molar-refractivity contribution in [2.75, 3.05) is 25.1 Å². The van der Waals surface area contributed by atoms with Gasteiger partial charge >= 0.3 is 0 Å². The van der Waals surface area contributed by atoms with Crippen LogP contribution in [0.25, 0.3) is 0 Å². The van der Waals surface area contributed by atoms with Gasteiger partial charge in [-0.05, 0) is 68.1 Å². The van der Waals surface area contributed by atoms with Crippen molar-refractivity contribution in [2.45, 2.75) is 75.9 Å². The van der Waals surface area contributed by atoms with Crippen molar-refractivity contribution in [1.29, 1.82) is 0 Å². The Labute approximate surface area is 281 Å². The Morgan fingerprint density at radius 2 is 1.59 bits per heavy atom. The van der Waals surface area contributed by atoms with E-state index in [4.69, 9.17) is 32.7 Å². The summed E-state index contributed by atoms with van der Waals surface area (Å²) in [5, 5.41) is 3.80. The lowest BCUT2D eigenvalue weighted by atomic mass is 9.95. The summed E-state index contributed by atoms with van der Waals surface area (Å²) in [5.41, 5.74) is 1.72. The zero-order valence-corrected chi connectivity index (χ0v) is 28.9. The third-order valence-corrected chi connectivity index (χ3v) is 10.7. The lowest BCUT2D eigenvalue weighted by Gasteiger charge is -2.34. The van der Waals surface area contributed by atoms with E-state index in [1.165, 1.54) is 37.3 Å². The van der Waals surface area contributed by atoms with Gasteiger partial charge in [0.1, 0.15) is 12.6 Å². The molecular weight excluding hydrogens is 649 g/mol. The molecule has 3 aromatic rings. The number of sulfonamides is 1. The number of hydrogen-bond donors (Lipinski definition) is 1. The smallest absolute Gasteiger partial charge is 0.264 e. The number of amides is 2. The molecule has 1 saturated carbocycles. The molecule has 4 rings (SSSR count). The van der Waals surface area contributed by atoms with Crippen LogP contribution >= 0.6 is 23.2 Å². The number of halogens is 2. The molecule has 0 spiro atoms. The molecule has 0 unspecified atom stereocenters. The zero-order chi connectivity index (χ0) is 33.4. The van der Waals surface area contributed by atoms with Crippen molar-refractivity contribution >= 4 is 50.7 Å². The van der Waals surface area contributed by atoms with E-state index in [9.17, 15) is 18.0 Å². The topological polar surface area (TPSA) is 105 Å². The number of benzene rings is 3. The van der Waals surface area contributed by atoms with Crippen LogP contribution in [0, 0.1) is 6.92 Å².